The third-order valence-electron chi connectivity index (χ3n) is 5.57. The number of hydrogen-bond acceptors (Lipinski definition) is 5. The normalized spacial score (nSPS) is 17.7. The van der Waals surface area contributed by atoms with E-state index in [1.807, 2.05) is 24.3 Å². The monoisotopic (exact) mass is 395 g/mol. The lowest BCUT2D eigenvalue weighted by molar-refractivity contribution is -0.118. The molecule has 2 aliphatic heterocycles. The van der Waals surface area contributed by atoms with Crippen molar-refractivity contribution in [2.75, 3.05) is 31.0 Å². The summed E-state index contributed by atoms with van der Waals surface area (Å²) in [6, 6.07) is 10.9. The molecule has 2 heterocycles. The van der Waals surface area contributed by atoms with Crippen LogP contribution < -0.4 is 25.0 Å². The largest absolute Gasteiger partial charge is 0.497 e. The second kappa shape index (κ2) is 8.03. The number of piperidine rings is 1. The molecule has 4 rings (SSSR count). The van der Waals surface area contributed by atoms with Crippen molar-refractivity contribution in [3.05, 3.63) is 47.5 Å². The van der Waals surface area contributed by atoms with Gasteiger partial charge in [0.25, 0.3) is 5.91 Å². The van der Waals surface area contributed by atoms with E-state index in [2.05, 4.69) is 15.5 Å². The van der Waals surface area contributed by atoms with Crippen LogP contribution in [0.2, 0.25) is 0 Å². The summed E-state index contributed by atoms with van der Waals surface area (Å²) in [7, 11) is 3.18. The van der Waals surface area contributed by atoms with Gasteiger partial charge in [-0.25, -0.2) is 0 Å². The van der Waals surface area contributed by atoms with Crippen molar-refractivity contribution in [3.63, 3.8) is 0 Å². The minimum Gasteiger partial charge on any atom is -0.497 e. The minimum atomic E-state index is -0.208. The van der Waals surface area contributed by atoms with Gasteiger partial charge in [0.1, 0.15) is 17.5 Å². The van der Waals surface area contributed by atoms with Gasteiger partial charge in [0.2, 0.25) is 5.91 Å². The van der Waals surface area contributed by atoms with Crippen molar-refractivity contribution >= 4 is 23.2 Å². The van der Waals surface area contributed by atoms with Crippen molar-refractivity contribution in [3.8, 4) is 11.5 Å². The van der Waals surface area contributed by atoms with E-state index in [1.54, 1.807) is 26.4 Å². The van der Waals surface area contributed by atoms with Crippen LogP contribution in [0, 0.1) is 0 Å². The van der Waals surface area contributed by atoms with Crippen molar-refractivity contribution < 1.29 is 19.1 Å². The maximum atomic E-state index is 12.7. The minimum absolute atomic E-state index is 0.0118. The number of amides is 2. The molecule has 29 heavy (non-hydrogen) atoms. The van der Waals surface area contributed by atoms with Gasteiger partial charge >= 0.3 is 0 Å². The molecular weight excluding hydrogens is 370 g/mol. The first-order chi connectivity index (χ1) is 14.1. The zero-order valence-electron chi connectivity index (χ0n) is 16.7. The van der Waals surface area contributed by atoms with Crippen LogP contribution >= 0.6 is 0 Å². The van der Waals surface area contributed by atoms with Gasteiger partial charge in [-0.15, -0.1) is 0 Å². The summed E-state index contributed by atoms with van der Waals surface area (Å²) in [5.74, 6) is 1.15. The van der Waals surface area contributed by atoms with E-state index in [4.69, 9.17) is 9.47 Å². The number of hydrogen-bond donors (Lipinski definition) is 2. The summed E-state index contributed by atoms with van der Waals surface area (Å²) in [6.45, 7) is 1.19. The SMILES string of the molecule is COc1ccc(CNC(=O)c2ccc3c(c2)NC(=O)[C@@H]2CCCCN32)c(OC)c1. The number of rotatable bonds is 5. The Labute approximate surface area is 170 Å². The fourth-order valence-corrected chi connectivity index (χ4v) is 4.01. The summed E-state index contributed by atoms with van der Waals surface area (Å²) < 4.78 is 10.6. The van der Waals surface area contributed by atoms with Crippen molar-refractivity contribution in [2.24, 2.45) is 0 Å². The summed E-state index contributed by atoms with van der Waals surface area (Å²) in [4.78, 5) is 27.3. The Balaban J connectivity index is 1.49. The highest BCUT2D eigenvalue weighted by atomic mass is 16.5. The number of nitrogens with zero attached hydrogens (tertiary/aromatic N) is 1. The number of fused-ring (bicyclic) bond motifs is 3. The standard InChI is InChI=1S/C22H25N3O4/c1-28-16-8-6-15(20(12-16)29-2)13-23-21(26)14-7-9-18-17(11-14)24-22(27)19-5-3-4-10-25(18)19/h6-9,11-12,19H,3-5,10,13H2,1-2H3,(H,23,26)(H,24,27)/t19-/m0/s1. The Kier molecular flexibility index (Phi) is 5.29. The number of carbonyl (C=O) groups is 2. The lowest BCUT2D eigenvalue weighted by Crippen LogP contribution is -2.50. The van der Waals surface area contributed by atoms with E-state index in [0.717, 1.165) is 37.1 Å². The maximum absolute atomic E-state index is 12.7. The van der Waals surface area contributed by atoms with Crippen LogP contribution in [0.3, 0.4) is 0 Å². The highest BCUT2D eigenvalue weighted by molar-refractivity contribution is 6.05. The smallest absolute Gasteiger partial charge is 0.251 e. The summed E-state index contributed by atoms with van der Waals surface area (Å²) in [5, 5.41) is 5.88. The van der Waals surface area contributed by atoms with Gasteiger partial charge in [-0.2, -0.15) is 0 Å². The Hall–Kier alpha value is -3.22. The third kappa shape index (κ3) is 3.72. The lowest BCUT2D eigenvalue weighted by Gasteiger charge is -2.41. The van der Waals surface area contributed by atoms with Gasteiger partial charge in [0.15, 0.2) is 0 Å². The Morgan fingerprint density at radius 3 is 2.83 bits per heavy atom. The number of carbonyl (C=O) groups excluding carboxylic acids is 2. The van der Waals surface area contributed by atoms with Gasteiger partial charge in [-0.3, -0.25) is 9.59 Å². The van der Waals surface area contributed by atoms with Crippen molar-refractivity contribution in [2.45, 2.75) is 31.8 Å². The topological polar surface area (TPSA) is 79.9 Å². The first-order valence-corrected chi connectivity index (χ1v) is 9.81. The molecule has 2 aromatic carbocycles. The van der Waals surface area contributed by atoms with Crippen LogP contribution in [0.5, 0.6) is 11.5 Å². The molecule has 2 amide bonds. The van der Waals surface area contributed by atoms with Crippen LogP contribution in [-0.4, -0.2) is 38.6 Å². The molecular formula is C22H25N3O4. The van der Waals surface area contributed by atoms with E-state index in [0.29, 0.717) is 29.3 Å². The van der Waals surface area contributed by atoms with E-state index in [9.17, 15) is 9.59 Å². The first kappa shape index (κ1) is 19.1. The Morgan fingerprint density at radius 2 is 2.03 bits per heavy atom. The quantitative estimate of drug-likeness (QED) is 0.814. The molecule has 2 N–H and O–H groups in total. The average molecular weight is 395 g/mol. The molecule has 0 spiro atoms. The van der Waals surface area contributed by atoms with Crippen molar-refractivity contribution in [1.29, 1.82) is 0 Å². The molecule has 152 valence electrons. The fraction of sp³-hybridized carbons (Fsp3) is 0.364. The third-order valence-corrected chi connectivity index (χ3v) is 5.57. The van der Waals surface area contributed by atoms with Gasteiger partial charge in [-0.1, -0.05) is 0 Å². The molecule has 1 saturated heterocycles. The van der Waals surface area contributed by atoms with E-state index in [-0.39, 0.29) is 17.9 Å². The molecule has 0 bridgehead atoms. The second-order valence-electron chi connectivity index (χ2n) is 7.29. The van der Waals surface area contributed by atoms with E-state index >= 15 is 0 Å². The van der Waals surface area contributed by atoms with E-state index in [1.165, 1.54) is 0 Å². The average Bonchev–Trinajstić information content (AvgIpc) is 2.77. The molecule has 2 aliphatic rings. The first-order valence-electron chi connectivity index (χ1n) is 9.81. The Bertz CT molecular complexity index is 944. The lowest BCUT2D eigenvalue weighted by atomic mass is 9.97. The second-order valence-corrected chi connectivity index (χ2v) is 7.29. The van der Waals surface area contributed by atoms with Gasteiger partial charge in [0, 0.05) is 30.3 Å². The van der Waals surface area contributed by atoms with Gasteiger partial charge < -0.3 is 25.0 Å². The van der Waals surface area contributed by atoms with Crippen molar-refractivity contribution in [1.82, 2.24) is 5.32 Å². The summed E-state index contributed by atoms with van der Waals surface area (Å²) >= 11 is 0. The van der Waals surface area contributed by atoms with E-state index < -0.39 is 0 Å². The highest BCUT2D eigenvalue weighted by Gasteiger charge is 2.34. The maximum Gasteiger partial charge on any atom is 0.251 e. The number of ether oxygens (including phenoxy) is 2. The molecule has 0 radical (unpaired) electrons. The number of nitrogens with one attached hydrogen (secondary N) is 2. The van der Waals surface area contributed by atoms with Crippen LogP contribution in [0.15, 0.2) is 36.4 Å². The number of anilines is 2. The molecule has 0 saturated carbocycles. The van der Waals surface area contributed by atoms with Gasteiger partial charge in [-0.05, 0) is 49.6 Å². The molecule has 1 atom stereocenters. The van der Waals surface area contributed by atoms with Crippen LogP contribution in [0.1, 0.15) is 35.2 Å². The van der Waals surface area contributed by atoms with Crippen LogP contribution in [0.25, 0.3) is 0 Å². The molecule has 1 fully saturated rings. The highest BCUT2D eigenvalue weighted by Crippen LogP contribution is 2.36. The zero-order chi connectivity index (χ0) is 20.4. The van der Waals surface area contributed by atoms with Crippen LogP contribution in [-0.2, 0) is 11.3 Å². The fourth-order valence-electron chi connectivity index (χ4n) is 4.01. The predicted molar refractivity (Wildman–Crippen MR) is 111 cm³/mol. The predicted octanol–water partition coefficient (Wildman–Crippen LogP) is 2.94. The molecule has 7 nitrogen and oxygen atoms in total. The van der Waals surface area contributed by atoms with Gasteiger partial charge in [0.05, 0.1) is 25.6 Å². The molecule has 0 aromatic heterocycles. The Morgan fingerprint density at radius 1 is 1.17 bits per heavy atom. The number of benzene rings is 2. The summed E-state index contributed by atoms with van der Waals surface area (Å²) in [5.41, 5.74) is 3.04. The molecule has 0 aliphatic carbocycles. The molecule has 2 aromatic rings. The zero-order valence-corrected chi connectivity index (χ0v) is 16.7. The number of methoxy groups -OCH3 is 2. The molecule has 7 heteroatoms. The summed E-state index contributed by atoms with van der Waals surface area (Å²) in [6.07, 6.45) is 3.02. The molecule has 0 unspecified atom stereocenters. The van der Waals surface area contributed by atoms with Crippen LogP contribution in [0.4, 0.5) is 11.4 Å².